The molecule has 2 heterocycles. The Bertz CT molecular complexity index is 258. The Kier molecular flexibility index (Phi) is 1.70. The molecule has 3 heteroatoms. The molecule has 0 N–H and O–H groups in total. The summed E-state index contributed by atoms with van der Waals surface area (Å²) in [5.41, 5.74) is 0. The number of hydrogen-bond acceptors (Lipinski definition) is 2. The van der Waals surface area contributed by atoms with Crippen LogP contribution in [0.25, 0.3) is 0 Å². The lowest BCUT2D eigenvalue weighted by Gasteiger charge is -2.32. The topological polar surface area (TPSA) is 16.1 Å². The highest BCUT2D eigenvalue weighted by molar-refractivity contribution is 6.32. The van der Waals surface area contributed by atoms with Crippen molar-refractivity contribution in [2.75, 3.05) is 18.0 Å². The summed E-state index contributed by atoms with van der Waals surface area (Å²) in [5.74, 6) is 0.931. The van der Waals surface area contributed by atoms with Crippen molar-refractivity contribution >= 4 is 17.4 Å². The molecule has 58 valence electrons. The van der Waals surface area contributed by atoms with E-state index in [4.69, 9.17) is 11.6 Å². The second-order valence-electron chi connectivity index (χ2n) is 2.65. The quantitative estimate of drug-likeness (QED) is 0.637. The van der Waals surface area contributed by atoms with Crippen LogP contribution in [-0.4, -0.2) is 18.1 Å². The molecule has 0 bridgehead atoms. The van der Waals surface area contributed by atoms with Gasteiger partial charge in [0.05, 0.1) is 5.02 Å². The number of aromatic nitrogens is 1. The first-order chi connectivity index (χ1) is 5.38. The fraction of sp³-hybridized carbons (Fsp3) is 0.375. The predicted molar refractivity (Wildman–Crippen MR) is 46.1 cm³/mol. The summed E-state index contributed by atoms with van der Waals surface area (Å²) in [6.45, 7) is 2.19. The molecule has 1 aromatic rings. The molecule has 0 aromatic carbocycles. The molecule has 0 spiro atoms. The second-order valence-corrected chi connectivity index (χ2v) is 3.06. The van der Waals surface area contributed by atoms with E-state index in [2.05, 4.69) is 9.88 Å². The molecule has 0 saturated carbocycles. The monoisotopic (exact) mass is 168 g/mol. The van der Waals surface area contributed by atoms with E-state index < -0.39 is 0 Å². The van der Waals surface area contributed by atoms with Crippen molar-refractivity contribution in [2.45, 2.75) is 6.42 Å². The number of anilines is 1. The molecule has 1 aromatic heterocycles. The number of halogens is 1. The minimum absolute atomic E-state index is 0.757. The van der Waals surface area contributed by atoms with Crippen LogP contribution in [0.4, 0.5) is 5.82 Å². The molecule has 2 nitrogen and oxygen atoms in total. The van der Waals surface area contributed by atoms with Gasteiger partial charge in [-0.1, -0.05) is 11.6 Å². The average Bonchev–Trinajstić information content (AvgIpc) is 1.90. The van der Waals surface area contributed by atoms with Gasteiger partial charge in [0.2, 0.25) is 0 Å². The summed E-state index contributed by atoms with van der Waals surface area (Å²) >= 11 is 5.93. The lowest BCUT2D eigenvalue weighted by Crippen LogP contribution is -2.37. The Hall–Kier alpha value is -0.760. The highest BCUT2D eigenvalue weighted by Crippen LogP contribution is 2.25. The standard InChI is InChI=1S/C8H9ClN2/c9-7-3-1-4-10-8(7)11-5-2-6-11/h1,3-4H,2,5-6H2. The normalized spacial score (nSPS) is 16.3. The van der Waals surface area contributed by atoms with Crippen molar-refractivity contribution in [3.63, 3.8) is 0 Å². The summed E-state index contributed by atoms with van der Waals surface area (Å²) in [7, 11) is 0. The number of nitrogens with zero attached hydrogens (tertiary/aromatic N) is 2. The van der Waals surface area contributed by atoms with Crippen molar-refractivity contribution < 1.29 is 0 Å². The van der Waals surface area contributed by atoms with E-state index in [1.54, 1.807) is 6.20 Å². The van der Waals surface area contributed by atoms with E-state index in [9.17, 15) is 0 Å². The first kappa shape index (κ1) is 6.92. The molecule has 0 atom stereocenters. The fourth-order valence-electron chi connectivity index (χ4n) is 1.14. The molecular weight excluding hydrogens is 160 g/mol. The van der Waals surface area contributed by atoms with Gasteiger partial charge in [-0.05, 0) is 18.6 Å². The van der Waals surface area contributed by atoms with Crippen LogP contribution in [0.5, 0.6) is 0 Å². The van der Waals surface area contributed by atoms with Crippen LogP contribution < -0.4 is 4.90 Å². The Morgan fingerprint density at radius 1 is 1.45 bits per heavy atom. The van der Waals surface area contributed by atoms with Gasteiger partial charge in [-0.2, -0.15) is 0 Å². The Labute approximate surface area is 70.8 Å². The Balaban J connectivity index is 2.28. The zero-order valence-electron chi connectivity index (χ0n) is 6.13. The van der Waals surface area contributed by atoms with Crippen LogP contribution in [0.2, 0.25) is 5.02 Å². The predicted octanol–water partition coefficient (Wildman–Crippen LogP) is 1.95. The minimum atomic E-state index is 0.757. The van der Waals surface area contributed by atoms with Crippen LogP contribution >= 0.6 is 11.6 Å². The van der Waals surface area contributed by atoms with Crippen molar-refractivity contribution in [2.24, 2.45) is 0 Å². The Morgan fingerprint density at radius 2 is 2.27 bits per heavy atom. The lowest BCUT2D eigenvalue weighted by atomic mass is 10.2. The van der Waals surface area contributed by atoms with Crippen molar-refractivity contribution in [1.82, 2.24) is 4.98 Å². The van der Waals surface area contributed by atoms with Gasteiger partial charge in [-0.25, -0.2) is 4.98 Å². The minimum Gasteiger partial charge on any atom is -0.355 e. The van der Waals surface area contributed by atoms with Gasteiger partial charge in [-0.3, -0.25) is 0 Å². The zero-order chi connectivity index (χ0) is 7.68. The number of rotatable bonds is 1. The van der Waals surface area contributed by atoms with E-state index in [-0.39, 0.29) is 0 Å². The summed E-state index contributed by atoms with van der Waals surface area (Å²) in [4.78, 5) is 6.38. The summed E-state index contributed by atoms with van der Waals surface area (Å²) in [5, 5.41) is 0.757. The molecule has 2 rings (SSSR count). The molecule has 1 fully saturated rings. The molecule has 0 amide bonds. The zero-order valence-corrected chi connectivity index (χ0v) is 6.88. The van der Waals surface area contributed by atoms with Gasteiger partial charge >= 0.3 is 0 Å². The van der Waals surface area contributed by atoms with Crippen molar-refractivity contribution in [1.29, 1.82) is 0 Å². The summed E-state index contributed by atoms with van der Waals surface area (Å²) < 4.78 is 0. The maximum atomic E-state index is 5.93. The van der Waals surface area contributed by atoms with Crippen molar-refractivity contribution in [3.05, 3.63) is 23.4 Å². The average molecular weight is 169 g/mol. The van der Waals surface area contributed by atoms with Crippen LogP contribution in [0.1, 0.15) is 6.42 Å². The molecule has 11 heavy (non-hydrogen) atoms. The van der Waals surface area contributed by atoms with Crippen molar-refractivity contribution in [3.8, 4) is 0 Å². The van der Waals surface area contributed by atoms with E-state index in [1.165, 1.54) is 6.42 Å². The fourth-order valence-corrected chi connectivity index (χ4v) is 1.38. The summed E-state index contributed by atoms with van der Waals surface area (Å²) in [6, 6.07) is 3.73. The second kappa shape index (κ2) is 2.70. The molecule has 0 unspecified atom stereocenters. The van der Waals surface area contributed by atoms with Crippen LogP contribution in [0, 0.1) is 0 Å². The molecule has 0 radical (unpaired) electrons. The van der Waals surface area contributed by atoms with Gasteiger partial charge in [0.25, 0.3) is 0 Å². The van der Waals surface area contributed by atoms with Crippen LogP contribution in [0.15, 0.2) is 18.3 Å². The Morgan fingerprint density at radius 3 is 2.82 bits per heavy atom. The molecule has 1 aliphatic heterocycles. The third-order valence-electron chi connectivity index (χ3n) is 1.89. The van der Waals surface area contributed by atoms with Crippen LogP contribution in [0.3, 0.4) is 0 Å². The van der Waals surface area contributed by atoms with E-state index in [0.29, 0.717) is 0 Å². The third kappa shape index (κ3) is 1.18. The molecule has 1 aliphatic rings. The number of pyridine rings is 1. The lowest BCUT2D eigenvalue weighted by molar-refractivity contribution is 0.610. The smallest absolute Gasteiger partial charge is 0.147 e. The SMILES string of the molecule is Clc1cccnc1N1CCC1. The van der Waals surface area contributed by atoms with Crippen LogP contribution in [-0.2, 0) is 0 Å². The first-order valence-electron chi connectivity index (χ1n) is 3.73. The van der Waals surface area contributed by atoms with E-state index >= 15 is 0 Å². The molecular formula is C8H9ClN2. The maximum absolute atomic E-state index is 5.93. The number of hydrogen-bond donors (Lipinski definition) is 0. The highest BCUT2D eigenvalue weighted by Gasteiger charge is 2.17. The van der Waals surface area contributed by atoms with Gasteiger partial charge in [0, 0.05) is 19.3 Å². The largest absolute Gasteiger partial charge is 0.355 e. The van der Waals surface area contributed by atoms with Gasteiger partial charge in [0.1, 0.15) is 5.82 Å². The van der Waals surface area contributed by atoms with Gasteiger partial charge in [0.15, 0.2) is 0 Å². The first-order valence-corrected chi connectivity index (χ1v) is 4.11. The van der Waals surface area contributed by atoms with E-state index in [0.717, 1.165) is 23.9 Å². The highest BCUT2D eigenvalue weighted by atomic mass is 35.5. The summed E-state index contributed by atoms with van der Waals surface area (Å²) in [6.07, 6.45) is 3.03. The van der Waals surface area contributed by atoms with Gasteiger partial charge < -0.3 is 4.90 Å². The third-order valence-corrected chi connectivity index (χ3v) is 2.19. The molecule has 0 aliphatic carbocycles. The maximum Gasteiger partial charge on any atom is 0.147 e. The molecule has 1 saturated heterocycles. The van der Waals surface area contributed by atoms with Gasteiger partial charge in [-0.15, -0.1) is 0 Å². The van der Waals surface area contributed by atoms with E-state index in [1.807, 2.05) is 12.1 Å².